The predicted octanol–water partition coefficient (Wildman–Crippen LogP) is 2.88. The van der Waals surface area contributed by atoms with Crippen LogP contribution in [0.25, 0.3) is 0 Å². The Bertz CT molecular complexity index is 620. The number of carbonyl (C=O) groups excluding carboxylic acids is 2. The standard InChI is InChI=1S/C20H28FN3O2/c1-2-18(19(25)22-17-7-5-16(21)6-8-17)23-13-9-15(10-14-23)20(26)24-11-3-4-12-24/h5-8,15,18H,2-4,9-14H2,1H3,(H,22,25)/t18-/m1/s1. The number of benzene rings is 1. The molecule has 26 heavy (non-hydrogen) atoms. The smallest absolute Gasteiger partial charge is 0.241 e. The molecule has 5 nitrogen and oxygen atoms in total. The van der Waals surface area contributed by atoms with Crippen LogP contribution in [0.3, 0.4) is 0 Å². The van der Waals surface area contributed by atoms with E-state index in [2.05, 4.69) is 10.2 Å². The van der Waals surface area contributed by atoms with Gasteiger partial charge in [-0.3, -0.25) is 14.5 Å². The second kappa shape index (κ2) is 8.62. The van der Waals surface area contributed by atoms with E-state index >= 15 is 0 Å². The third kappa shape index (κ3) is 4.41. The summed E-state index contributed by atoms with van der Waals surface area (Å²) < 4.78 is 13.0. The highest BCUT2D eigenvalue weighted by Gasteiger charge is 2.33. The highest BCUT2D eigenvalue weighted by atomic mass is 19.1. The van der Waals surface area contributed by atoms with Crippen LogP contribution in [0.15, 0.2) is 24.3 Å². The van der Waals surface area contributed by atoms with E-state index in [-0.39, 0.29) is 23.7 Å². The molecule has 0 aliphatic carbocycles. The Kier molecular flexibility index (Phi) is 6.25. The van der Waals surface area contributed by atoms with Gasteiger partial charge in [-0.15, -0.1) is 0 Å². The molecule has 1 N–H and O–H groups in total. The van der Waals surface area contributed by atoms with E-state index in [1.165, 1.54) is 12.1 Å². The average Bonchev–Trinajstić information content (AvgIpc) is 3.19. The summed E-state index contributed by atoms with van der Waals surface area (Å²) in [6.07, 6.45) is 4.57. The SMILES string of the molecule is CC[C@H](C(=O)Nc1ccc(F)cc1)N1CCC(C(=O)N2CCCC2)CC1. The quantitative estimate of drug-likeness (QED) is 0.877. The average molecular weight is 361 g/mol. The van der Waals surface area contributed by atoms with Crippen molar-refractivity contribution in [3.05, 3.63) is 30.1 Å². The molecular weight excluding hydrogens is 333 g/mol. The van der Waals surface area contributed by atoms with Crippen molar-refractivity contribution in [2.24, 2.45) is 5.92 Å². The van der Waals surface area contributed by atoms with Crippen LogP contribution in [-0.2, 0) is 9.59 Å². The third-order valence-corrected chi connectivity index (χ3v) is 5.54. The fourth-order valence-electron chi connectivity index (χ4n) is 4.02. The number of piperidine rings is 1. The van der Waals surface area contributed by atoms with Crippen molar-refractivity contribution in [2.45, 2.75) is 45.1 Å². The number of nitrogens with zero attached hydrogens (tertiary/aromatic N) is 2. The Morgan fingerprint density at radius 3 is 2.31 bits per heavy atom. The summed E-state index contributed by atoms with van der Waals surface area (Å²) in [6, 6.07) is 5.60. The van der Waals surface area contributed by atoms with Crippen molar-refractivity contribution in [3.8, 4) is 0 Å². The normalized spacial score (nSPS) is 20.2. The van der Waals surface area contributed by atoms with Gasteiger partial charge < -0.3 is 10.2 Å². The van der Waals surface area contributed by atoms with E-state index in [0.717, 1.165) is 51.9 Å². The fraction of sp³-hybridized carbons (Fsp3) is 0.600. The highest BCUT2D eigenvalue weighted by molar-refractivity contribution is 5.94. The summed E-state index contributed by atoms with van der Waals surface area (Å²) in [5, 5.41) is 2.87. The van der Waals surface area contributed by atoms with Gasteiger partial charge in [0.2, 0.25) is 11.8 Å². The summed E-state index contributed by atoms with van der Waals surface area (Å²) in [5.41, 5.74) is 0.606. The van der Waals surface area contributed by atoms with Gasteiger partial charge in [0.05, 0.1) is 6.04 Å². The molecule has 2 aliphatic rings. The van der Waals surface area contributed by atoms with E-state index in [9.17, 15) is 14.0 Å². The maximum absolute atomic E-state index is 13.0. The van der Waals surface area contributed by atoms with Gasteiger partial charge in [0.15, 0.2) is 0 Å². The van der Waals surface area contributed by atoms with Crippen molar-refractivity contribution in [2.75, 3.05) is 31.5 Å². The van der Waals surface area contributed by atoms with Gasteiger partial charge in [-0.1, -0.05) is 6.92 Å². The van der Waals surface area contributed by atoms with Gasteiger partial charge in [-0.05, 0) is 69.5 Å². The monoisotopic (exact) mass is 361 g/mol. The zero-order valence-corrected chi connectivity index (χ0v) is 15.4. The van der Waals surface area contributed by atoms with Crippen LogP contribution in [0.1, 0.15) is 39.0 Å². The number of carbonyl (C=O) groups is 2. The second-order valence-corrected chi connectivity index (χ2v) is 7.26. The number of likely N-dealkylation sites (tertiary alicyclic amines) is 2. The summed E-state index contributed by atoms with van der Waals surface area (Å²) in [6.45, 7) is 5.32. The van der Waals surface area contributed by atoms with E-state index in [1.54, 1.807) is 12.1 Å². The summed E-state index contributed by atoms with van der Waals surface area (Å²) in [5.74, 6) is 0.0104. The van der Waals surface area contributed by atoms with Crippen LogP contribution >= 0.6 is 0 Å². The van der Waals surface area contributed by atoms with Gasteiger partial charge in [0.25, 0.3) is 0 Å². The molecular formula is C20H28FN3O2. The third-order valence-electron chi connectivity index (χ3n) is 5.54. The summed E-state index contributed by atoms with van der Waals surface area (Å²) in [4.78, 5) is 29.3. The molecule has 0 aromatic heterocycles. The highest BCUT2D eigenvalue weighted by Crippen LogP contribution is 2.24. The number of nitrogens with one attached hydrogen (secondary N) is 1. The van der Waals surface area contributed by atoms with Gasteiger partial charge in [0.1, 0.15) is 5.82 Å². The summed E-state index contributed by atoms with van der Waals surface area (Å²) >= 11 is 0. The molecule has 6 heteroatoms. The van der Waals surface area contributed by atoms with E-state index in [1.807, 2.05) is 11.8 Å². The number of amides is 2. The Balaban J connectivity index is 1.53. The number of hydrogen-bond donors (Lipinski definition) is 1. The minimum atomic E-state index is -0.320. The van der Waals surface area contributed by atoms with Gasteiger partial charge >= 0.3 is 0 Å². The van der Waals surface area contributed by atoms with E-state index < -0.39 is 0 Å². The molecule has 142 valence electrons. The van der Waals surface area contributed by atoms with Gasteiger partial charge in [-0.25, -0.2) is 4.39 Å². The molecule has 2 fully saturated rings. The first-order valence-corrected chi connectivity index (χ1v) is 9.67. The molecule has 0 radical (unpaired) electrons. The van der Waals surface area contributed by atoms with Crippen LogP contribution in [0, 0.1) is 11.7 Å². The number of halogens is 1. The van der Waals surface area contributed by atoms with Crippen LogP contribution in [0.4, 0.5) is 10.1 Å². The lowest BCUT2D eigenvalue weighted by molar-refractivity contribution is -0.136. The zero-order valence-electron chi connectivity index (χ0n) is 15.4. The topological polar surface area (TPSA) is 52.7 Å². The van der Waals surface area contributed by atoms with Crippen molar-refractivity contribution in [1.29, 1.82) is 0 Å². The minimum absolute atomic E-state index is 0.0663. The molecule has 1 atom stereocenters. The van der Waals surface area contributed by atoms with Crippen molar-refractivity contribution < 1.29 is 14.0 Å². The molecule has 1 aromatic rings. The Morgan fingerprint density at radius 1 is 1.12 bits per heavy atom. The van der Waals surface area contributed by atoms with Crippen molar-refractivity contribution >= 4 is 17.5 Å². The first-order valence-electron chi connectivity index (χ1n) is 9.67. The first-order chi connectivity index (χ1) is 12.6. The molecule has 1 aromatic carbocycles. The van der Waals surface area contributed by atoms with Crippen LogP contribution in [-0.4, -0.2) is 53.8 Å². The molecule has 0 saturated carbocycles. The Morgan fingerprint density at radius 2 is 1.73 bits per heavy atom. The van der Waals surface area contributed by atoms with Crippen LogP contribution in [0.5, 0.6) is 0 Å². The molecule has 0 unspecified atom stereocenters. The molecule has 3 rings (SSSR count). The zero-order chi connectivity index (χ0) is 18.5. The van der Waals surface area contributed by atoms with Crippen LogP contribution < -0.4 is 5.32 Å². The number of hydrogen-bond acceptors (Lipinski definition) is 3. The lowest BCUT2D eigenvalue weighted by Gasteiger charge is -2.37. The minimum Gasteiger partial charge on any atom is -0.342 e. The van der Waals surface area contributed by atoms with E-state index in [4.69, 9.17) is 0 Å². The summed E-state index contributed by atoms with van der Waals surface area (Å²) in [7, 11) is 0. The number of anilines is 1. The van der Waals surface area contributed by atoms with Gasteiger partial charge in [0, 0.05) is 24.7 Å². The fourth-order valence-corrected chi connectivity index (χ4v) is 4.02. The molecule has 0 spiro atoms. The maximum atomic E-state index is 13.0. The second-order valence-electron chi connectivity index (χ2n) is 7.26. The lowest BCUT2D eigenvalue weighted by Crippen LogP contribution is -2.49. The van der Waals surface area contributed by atoms with Crippen LogP contribution in [0.2, 0.25) is 0 Å². The Labute approximate surface area is 154 Å². The van der Waals surface area contributed by atoms with Crippen molar-refractivity contribution in [1.82, 2.24) is 9.80 Å². The molecule has 2 saturated heterocycles. The van der Waals surface area contributed by atoms with Crippen molar-refractivity contribution in [3.63, 3.8) is 0 Å². The number of rotatable bonds is 5. The molecule has 2 heterocycles. The largest absolute Gasteiger partial charge is 0.342 e. The molecule has 2 amide bonds. The Hall–Kier alpha value is -1.95. The predicted molar refractivity (Wildman–Crippen MR) is 99.2 cm³/mol. The van der Waals surface area contributed by atoms with E-state index in [0.29, 0.717) is 18.0 Å². The first kappa shape index (κ1) is 18.8. The molecule has 0 bridgehead atoms. The lowest BCUT2D eigenvalue weighted by atomic mass is 9.93. The molecule has 2 aliphatic heterocycles. The van der Waals surface area contributed by atoms with Gasteiger partial charge in [-0.2, -0.15) is 0 Å². The maximum Gasteiger partial charge on any atom is 0.241 e.